The van der Waals surface area contributed by atoms with E-state index < -0.39 is 15.8 Å². The summed E-state index contributed by atoms with van der Waals surface area (Å²) in [4.78, 5) is 15.2. The number of benzene rings is 1. The highest BCUT2D eigenvalue weighted by Gasteiger charge is 2.32. The normalized spacial score (nSPS) is 15.6. The van der Waals surface area contributed by atoms with Crippen molar-refractivity contribution in [2.45, 2.75) is 11.1 Å². The first kappa shape index (κ1) is 19.7. The number of carbonyl (C=O) groups excluding carboxylic acids is 1. The third-order valence-corrected chi connectivity index (χ3v) is 8.04. The van der Waals surface area contributed by atoms with Crippen molar-refractivity contribution in [3.05, 3.63) is 58.9 Å². The highest BCUT2D eigenvalue weighted by Crippen LogP contribution is 2.26. The molecule has 0 N–H and O–H groups in total. The molecule has 10 heteroatoms. The highest BCUT2D eigenvalue weighted by molar-refractivity contribution is 7.91. The van der Waals surface area contributed by atoms with Crippen molar-refractivity contribution in [3.63, 3.8) is 0 Å². The van der Waals surface area contributed by atoms with Gasteiger partial charge in [-0.1, -0.05) is 17.3 Å². The molecule has 1 saturated heterocycles. The van der Waals surface area contributed by atoms with Gasteiger partial charge in [0.1, 0.15) is 15.7 Å². The minimum Gasteiger partial charge on any atom is -0.350 e. The quantitative estimate of drug-likeness (QED) is 0.629. The zero-order valence-electron chi connectivity index (χ0n) is 15.5. The summed E-state index contributed by atoms with van der Waals surface area (Å²) in [6.45, 7) is 2.76. The Kier molecular flexibility index (Phi) is 5.24. The fourth-order valence-electron chi connectivity index (χ4n) is 3.13. The van der Waals surface area contributed by atoms with E-state index in [2.05, 4.69) is 5.16 Å². The Balaban J connectivity index is 1.43. The second kappa shape index (κ2) is 7.69. The van der Waals surface area contributed by atoms with Gasteiger partial charge in [0.05, 0.1) is 0 Å². The Hall–Kier alpha value is -2.56. The van der Waals surface area contributed by atoms with Crippen molar-refractivity contribution < 1.29 is 22.1 Å². The average molecular weight is 436 g/mol. The van der Waals surface area contributed by atoms with Gasteiger partial charge in [-0.15, -0.1) is 11.3 Å². The summed E-state index contributed by atoms with van der Waals surface area (Å²) in [5.41, 5.74) is 0.872. The molecule has 0 spiro atoms. The molecule has 7 nitrogen and oxygen atoms in total. The molecule has 0 aliphatic carbocycles. The van der Waals surface area contributed by atoms with Crippen LogP contribution in [0.15, 0.2) is 51.2 Å². The predicted molar refractivity (Wildman–Crippen MR) is 106 cm³/mol. The molecule has 0 bridgehead atoms. The van der Waals surface area contributed by atoms with E-state index in [1.165, 1.54) is 38.7 Å². The number of carbonyl (C=O) groups is 1. The molecular formula is C19H18FN3O4S2. The van der Waals surface area contributed by atoms with Crippen LogP contribution < -0.4 is 0 Å². The summed E-state index contributed by atoms with van der Waals surface area (Å²) >= 11 is 1.23. The highest BCUT2D eigenvalue weighted by atomic mass is 32.2. The number of hydrogen-bond donors (Lipinski definition) is 0. The van der Waals surface area contributed by atoms with Crippen LogP contribution >= 0.6 is 11.3 Å². The van der Waals surface area contributed by atoms with Gasteiger partial charge in [0, 0.05) is 42.7 Å². The first-order chi connectivity index (χ1) is 13.8. The molecule has 0 saturated carbocycles. The number of aryl methyl sites for hydroxylation is 1. The average Bonchev–Trinajstić information content (AvgIpc) is 3.37. The van der Waals surface area contributed by atoms with Gasteiger partial charge in [-0.3, -0.25) is 4.79 Å². The summed E-state index contributed by atoms with van der Waals surface area (Å²) in [6.07, 6.45) is 0. The van der Waals surface area contributed by atoms with Gasteiger partial charge >= 0.3 is 0 Å². The van der Waals surface area contributed by atoms with Crippen LogP contribution in [0.25, 0.3) is 11.3 Å². The first-order valence-corrected chi connectivity index (χ1v) is 11.2. The van der Waals surface area contributed by atoms with Gasteiger partial charge in [0.2, 0.25) is 5.76 Å². The largest absolute Gasteiger partial charge is 0.350 e. The number of thiophene rings is 1. The van der Waals surface area contributed by atoms with Crippen LogP contribution in [0.2, 0.25) is 0 Å². The summed E-state index contributed by atoms with van der Waals surface area (Å²) in [7, 11) is -3.55. The number of halogens is 1. The molecule has 0 radical (unpaired) electrons. The smallest absolute Gasteiger partial charge is 0.292 e. The van der Waals surface area contributed by atoms with Crippen molar-refractivity contribution in [3.8, 4) is 11.3 Å². The molecule has 0 unspecified atom stereocenters. The van der Waals surface area contributed by atoms with Crippen molar-refractivity contribution in [2.75, 3.05) is 26.2 Å². The molecule has 3 heterocycles. The van der Waals surface area contributed by atoms with E-state index in [1.807, 2.05) is 6.92 Å². The van der Waals surface area contributed by atoms with Crippen molar-refractivity contribution in [2.24, 2.45) is 0 Å². The third-order valence-electron chi connectivity index (χ3n) is 4.68. The molecule has 29 heavy (non-hydrogen) atoms. The number of sulfonamides is 1. The molecule has 0 atom stereocenters. The van der Waals surface area contributed by atoms with Crippen LogP contribution in [0.4, 0.5) is 4.39 Å². The lowest BCUT2D eigenvalue weighted by Crippen LogP contribution is -2.50. The Labute approximate surface area is 171 Å². The van der Waals surface area contributed by atoms with Crippen LogP contribution in [-0.4, -0.2) is 54.9 Å². The third kappa shape index (κ3) is 3.96. The molecule has 4 rings (SSSR count). The van der Waals surface area contributed by atoms with E-state index in [0.717, 1.165) is 4.88 Å². The Morgan fingerprint density at radius 3 is 2.55 bits per heavy atom. The zero-order valence-corrected chi connectivity index (χ0v) is 17.2. The maximum Gasteiger partial charge on any atom is 0.292 e. The molecule has 1 fully saturated rings. The van der Waals surface area contributed by atoms with Crippen molar-refractivity contribution >= 4 is 27.3 Å². The minimum atomic E-state index is -3.55. The standard InChI is InChI=1S/C19H18FN3O4S2/c1-13-5-6-18(28-13)29(25,26)23-9-7-22(8-10-23)19(24)17-12-16(21-27-17)14-3-2-4-15(20)11-14/h2-6,11-12H,7-10H2,1H3. The van der Waals surface area contributed by atoms with E-state index >= 15 is 0 Å². The van der Waals surface area contributed by atoms with Crippen LogP contribution in [0, 0.1) is 12.7 Å². The van der Waals surface area contributed by atoms with E-state index in [0.29, 0.717) is 15.5 Å². The minimum absolute atomic E-state index is 0.0365. The lowest BCUT2D eigenvalue weighted by Gasteiger charge is -2.33. The van der Waals surface area contributed by atoms with Crippen LogP contribution in [0.5, 0.6) is 0 Å². The van der Waals surface area contributed by atoms with Crippen molar-refractivity contribution in [1.29, 1.82) is 0 Å². The molecular weight excluding hydrogens is 417 g/mol. The second-order valence-electron chi connectivity index (χ2n) is 6.65. The Morgan fingerprint density at radius 2 is 1.90 bits per heavy atom. The van der Waals surface area contributed by atoms with Crippen LogP contribution in [-0.2, 0) is 10.0 Å². The number of aromatic nitrogens is 1. The fraction of sp³-hybridized carbons (Fsp3) is 0.263. The SMILES string of the molecule is Cc1ccc(S(=O)(=O)N2CCN(C(=O)c3cc(-c4cccc(F)c4)no3)CC2)s1. The summed E-state index contributed by atoms with van der Waals surface area (Å²) in [6, 6.07) is 10.7. The number of piperazine rings is 1. The molecule has 152 valence electrons. The van der Waals surface area contributed by atoms with Crippen molar-refractivity contribution in [1.82, 2.24) is 14.4 Å². The first-order valence-electron chi connectivity index (χ1n) is 8.93. The lowest BCUT2D eigenvalue weighted by molar-refractivity contribution is 0.0656. The Morgan fingerprint density at radius 1 is 1.14 bits per heavy atom. The summed E-state index contributed by atoms with van der Waals surface area (Å²) in [5, 5.41) is 3.85. The predicted octanol–water partition coefficient (Wildman–Crippen LogP) is 3.00. The number of nitrogens with zero attached hydrogens (tertiary/aromatic N) is 3. The van der Waals surface area contributed by atoms with Gasteiger partial charge in [-0.05, 0) is 31.2 Å². The molecule has 1 aliphatic rings. The van der Waals surface area contributed by atoms with Crippen LogP contribution in [0.1, 0.15) is 15.4 Å². The van der Waals surface area contributed by atoms with Crippen LogP contribution in [0.3, 0.4) is 0 Å². The van der Waals surface area contributed by atoms with E-state index in [-0.39, 0.29) is 37.8 Å². The maximum atomic E-state index is 13.4. The van der Waals surface area contributed by atoms with Gasteiger partial charge in [-0.25, -0.2) is 12.8 Å². The second-order valence-corrected chi connectivity index (χ2v) is 10.1. The van der Waals surface area contributed by atoms with E-state index in [4.69, 9.17) is 4.52 Å². The summed E-state index contributed by atoms with van der Waals surface area (Å²) in [5.74, 6) is -0.740. The summed E-state index contributed by atoms with van der Waals surface area (Å²) < 4.78 is 45.6. The number of amides is 1. The molecule has 3 aromatic rings. The lowest BCUT2D eigenvalue weighted by atomic mass is 10.1. The number of hydrogen-bond acceptors (Lipinski definition) is 6. The van der Waals surface area contributed by atoms with Gasteiger partial charge in [-0.2, -0.15) is 4.31 Å². The fourth-order valence-corrected chi connectivity index (χ4v) is 5.99. The zero-order chi connectivity index (χ0) is 20.6. The molecule has 1 aromatic carbocycles. The topological polar surface area (TPSA) is 83.7 Å². The Bertz CT molecular complexity index is 1150. The van der Waals surface area contributed by atoms with E-state index in [9.17, 15) is 17.6 Å². The van der Waals surface area contributed by atoms with Gasteiger partial charge in [0.15, 0.2) is 0 Å². The van der Waals surface area contributed by atoms with Gasteiger partial charge < -0.3 is 9.42 Å². The number of rotatable bonds is 4. The molecule has 1 amide bonds. The van der Waals surface area contributed by atoms with E-state index in [1.54, 1.807) is 24.3 Å². The maximum absolute atomic E-state index is 13.4. The monoisotopic (exact) mass is 435 g/mol. The molecule has 2 aromatic heterocycles. The van der Waals surface area contributed by atoms with Gasteiger partial charge in [0.25, 0.3) is 15.9 Å². The molecule has 1 aliphatic heterocycles.